The third-order valence-corrected chi connectivity index (χ3v) is 5.16. The van der Waals surface area contributed by atoms with Gasteiger partial charge in [0.05, 0.1) is 26.8 Å². The average molecular weight is 326 g/mol. The molecule has 1 aliphatic heterocycles. The van der Waals surface area contributed by atoms with Crippen molar-refractivity contribution in [3.8, 4) is 11.5 Å². The topological polar surface area (TPSA) is 24.9 Å². The van der Waals surface area contributed by atoms with Gasteiger partial charge in [-0.15, -0.1) is 0 Å². The molecule has 1 aromatic carbocycles. The summed E-state index contributed by atoms with van der Waals surface area (Å²) in [5, 5.41) is 0. The van der Waals surface area contributed by atoms with Crippen molar-refractivity contribution in [2.45, 2.75) is 13.3 Å². The number of thiocarbonyl (C=S) groups is 1. The number of methoxy groups -OCH3 is 2. The average Bonchev–Trinajstić information content (AvgIpc) is 2.53. The van der Waals surface area contributed by atoms with Crippen LogP contribution in [0.25, 0.3) is 0 Å². The molecule has 1 heterocycles. The fraction of sp³-hybridized carbons (Fsp3) is 0.533. The van der Waals surface area contributed by atoms with Crippen LogP contribution in [0, 0.1) is 0 Å². The number of hydrogen-bond donors (Lipinski definition) is 0. The van der Waals surface area contributed by atoms with Gasteiger partial charge >= 0.3 is 0 Å². The van der Waals surface area contributed by atoms with Crippen LogP contribution in [0.15, 0.2) is 18.2 Å². The number of benzene rings is 1. The Hall–Kier alpha value is -0.980. The highest BCUT2D eigenvalue weighted by Gasteiger charge is 2.19. The van der Waals surface area contributed by atoms with Crippen LogP contribution >= 0.6 is 24.0 Å². The van der Waals surface area contributed by atoms with Gasteiger partial charge in [-0.3, -0.25) is 4.90 Å². The van der Waals surface area contributed by atoms with Crippen molar-refractivity contribution in [3.63, 3.8) is 0 Å². The van der Waals surface area contributed by atoms with E-state index in [9.17, 15) is 0 Å². The first-order valence-corrected chi connectivity index (χ1v) is 8.42. The van der Waals surface area contributed by atoms with Crippen LogP contribution in [-0.4, -0.2) is 54.0 Å². The molecule has 0 bridgehead atoms. The van der Waals surface area contributed by atoms with Gasteiger partial charge < -0.3 is 14.4 Å². The van der Waals surface area contributed by atoms with E-state index in [0.29, 0.717) is 0 Å². The Morgan fingerprint density at radius 2 is 2.00 bits per heavy atom. The van der Waals surface area contributed by atoms with E-state index in [4.69, 9.17) is 21.7 Å². The first kappa shape index (κ1) is 16.4. The van der Waals surface area contributed by atoms with Gasteiger partial charge in [0.2, 0.25) is 0 Å². The van der Waals surface area contributed by atoms with Gasteiger partial charge in [0.1, 0.15) is 4.32 Å². The Morgan fingerprint density at radius 1 is 1.24 bits per heavy atom. The highest BCUT2D eigenvalue weighted by atomic mass is 32.2. The molecule has 4 nitrogen and oxygen atoms in total. The second kappa shape index (κ2) is 7.87. The maximum absolute atomic E-state index is 5.35. The second-order valence-corrected chi connectivity index (χ2v) is 6.45. The number of nitrogens with zero attached hydrogens (tertiary/aromatic N) is 2. The molecule has 116 valence electrons. The molecule has 0 amide bonds. The maximum Gasteiger partial charge on any atom is 0.160 e. The summed E-state index contributed by atoms with van der Waals surface area (Å²) in [6.45, 7) is 5.06. The summed E-state index contributed by atoms with van der Waals surface area (Å²) in [7, 11) is 3.33. The molecule has 0 saturated carbocycles. The molecule has 1 aliphatic rings. The van der Waals surface area contributed by atoms with Crippen LogP contribution in [0.4, 0.5) is 0 Å². The summed E-state index contributed by atoms with van der Waals surface area (Å²) in [5.74, 6) is 2.54. The molecule has 1 saturated heterocycles. The molecule has 0 spiro atoms. The molecule has 0 aromatic heterocycles. The van der Waals surface area contributed by atoms with Gasteiger partial charge in [0, 0.05) is 13.1 Å². The molecule has 1 fully saturated rings. The van der Waals surface area contributed by atoms with E-state index in [1.54, 1.807) is 26.0 Å². The summed E-state index contributed by atoms with van der Waals surface area (Å²) < 4.78 is 11.6. The van der Waals surface area contributed by atoms with E-state index < -0.39 is 0 Å². The Bertz CT molecular complexity index is 497. The second-order valence-electron chi connectivity index (χ2n) is 4.87. The Morgan fingerprint density at radius 3 is 2.67 bits per heavy atom. The summed E-state index contributed by atoms with van der Waals surface area (Å²) in [6, 6.07) is 6.12. The van der Waals surface area contributed by atoms with Crippen LogP contribution in [-0.2, 0) is 6.42 Å². The molecule has 0 unspecified atom stereocenters. The lowest BCUT2D eigenvalue weighted by molar-refractivity contribution is 0.219. The van der Waals surface area contributed by atoms with Gasteiger partial charge in [-0.1, -0.05) is 30.0 Å². The minimum absolute atomic E-state index is 0.775. The van der Waals surface area contributed by atoms with E-state index in [1.165, 1.54) is 5.56 Å². The van der Waals surface area contributed by atoms with Gasteiger partial charge in [-0.25, -0.2) is 0 Å². The summed E-state index contributed by atoms with van der Waals surface area (Å²) >= 11 is 7.10. The third kappa shape index (κ3) is 4.25. The zero-order chi connectivity index (χ0) is 15.2. The number of rotatable bonds is 6. The Labute approximate surface area is 136 Å². The van der Waals surface area contributed by atoms with Gasteiger partial charge in [-0.2, -0.15) is 0 Å². The summed E-state index contributed by atoms with van der Waals surface area (Å²) in [6.07, 6.45) is 0.991. The Balaban J connectivity index is 1.92. The quantitative estimate of drug-likeness (QED) is 0.746. The molecule has 0 radical (unpaired) electrons. The largest absolute Gasteiger partial charge is 0.493 e. The van der Waals surface area contributed by atoms with Crippen molar-refractivity contribution in [2.75, 3.05) is 39.9 Å². The molecule has 0 atom stereocenters. The van der Waals surface area contributed by atoms with Gasteiger partial charge in [-0.05, 0) is 31.0 Å². The van der Waals surface area contributed by atoms with Crippen molar-refractivity contribution in [2.24, 2.45) is 0 Å². The van der Waals surface area contributed by atoms with Crippen LogP contribution < -0.4 is 9.47 Å². The van der Waals surface area contributed by atoms with Crippen molar-refractivity contribution < 1.29 is 9.47 Å². The van der Waals surface area contributed by atoms with Crippen LogP contribution in [0.1, 0.15) is 12.5 Å². The number of hydrogen-bond acceptors (Lipinski definition) is 5. The van der Waals surface area contributed by atoms with Gasteiger partial charge in [0.25, 0.3) is 0 Å². The van der Waals surface area contributed by atoms with Gasteiger partial charge in [0.15, 0.2) is 11.5 Å². The normalized spacial score (nSPS) is 16.1. The van der Waals surface area contributed by atoms with Crippen molar-refractivity contribution in [1.29, 1.82) is 0 Å². The predicted octanol–water partition coefficient (Wildman–Crippen LogP) is 2.82. The lowest BCUT2D eigenvalue weighted by atomic mass is 10.1. The molecular formula is C15H22N2O2S2. The fourth-order valence-electron chi connectivity index (χ4n) is 2.27. The number of ether oxygens (including phenoxy) is 2. The lowest BCUT2D eigenvalue weighted by Crippen LogP contribution is -2.45. The highest BCUT2D eigenvalue weighted by molar-refractivity contribution is 8.22. The fourth-order valence-corrected chi connectivity index (χ4v) is 3.48. The molecule has 2 rings (SSSR count). The summed E-state index contributed by atoms with van der Waals surface area (Å²) in [5.41, 5.74) is 1.26. The standard InChI is InChI=1S/C15H22N2O2S2/c1-4-17-10-16(11-21-15(17)20)8-7-12-5-6-13(18-2)14(9-12)19-3/h5-6,9H,4,7-8,10-11H2,1-3H3. The smallest absolute Gasteiger partial charge is 0.160 e. The number of thioether (sulfide) groups is 1. The molecule has 21 heavy (non-hydrogen) atoms. The van der Waals surface area contributed by atoms with Crippen molar-refractivity contribution >= 4 is 28.3 Å². The minimum Gasteiger partial charge on any atom is -0.493 e. The predicted molar refractivity (Wildman–Crippen MR) is 92.3 cm³/mol. The zero-order valence-corrected chi connectivity index (χ0v) is 14.4. The molecule has 6 heteroatoms. The molecule has 0 N–H and O–H groups in total. The minimum atomic E-state index is 0.775. The monoisotopic (exact) mass is 326 g/mol. The first-order chi connectivity index (χ1) is 10.2. The van der Waals surface area contributed by atoms with Crippen LogP contribution in [0.5, 0.6) is 11.5 Å². The van der Waals surface area contributed by atoms with E-state index >= 15 is 0 Å². The molecule has 1 aromatic rings. The molecule has 0 aliphatic carbocycles. The molecular weight excluding hydrogens is 304 g/mol. The van der Waals surface area contributed by atoms with E-state index in [2.05, 4.69) is 28.9 Å². The third-order valence-electron chi connectivity index (χ3n) is 3.55. The zero-order valence-electron chi connectivity index (χ0n) is 12.8. The summed E-state index contributed by atoms with van der Waals surface area (Å²) in [4.78, 5) is 4.65. The van der Waals surface area contributed by atoms with Crippen LogP contribution in [0.2, 0.25) is 0 Å². The van der Waals surface area contributed by atoms with E-state index in [1.807, 2.05) is 6.07 Å². The Kier molecular flexibility index (Phi) is 6.14. The van der Waals surface area contributed by atoms with Crippen LogP contribution in [0.3, 0.4) is 0 Å². The van der Waals surface area contributed by atoms with Crippen molar-refractivity contribution in [3.05, 3.63) is 23.8 Å². The van der Waals surface area contributed by atoms with Crippen molar-refractivity contribution in [1.82, 2.24) is 9.80 Å². The van der Waals surface area contributed by atoms with E-state index in [0.717, 1.165) is 47.9 Å². The first-order valence-electron chi connectivity index (χ1n) is 7.03. The lowest BCUT2D eigenvalue weighted by Gasteiger charge is -2.36. The van der Waals surface area contributed by atoms with E-state index in [-0.39, 0.29) is 0 Å². The highest BCUT2D eigenvalue weighted by Crippen LogP contribution is 2.28. The SMILES string of the molecule is CCN1CN(CCc2ccc(OC)c(OC)c2)CSC1=S. The maximum atomic E-state index is 5.35.